The summed E-state index contributed by atoms with van der Waals surface area (Å²) in [5, 5.41) is 15.1. The second-order valence-electron chi connectivity index (χ2n) is 3.94. The van der Waals surface area contributed by atoms with Gasteiger partial charge in [-0.25, -0.2) is 0 Å². The van der Waals surface area contributed by atoms with Crippen LogP contribution in [-0.2, 0) is 24.7 Å². The number of nitrogens with zero attached hydrogens (tertiary/aromatic N) is 3. The van der Waals surface area contributed by atoms with Crippen LogP contribution in [0.5, 0.6) is 0 Å². The number of hydrogen-bond donors (Lipinski definition) is 0. The zero-order valence-electron chi connectivity index (χ0n) is 10.4. The van der Waals surface area contributed by atoms with Crippen molar-refractivity contribution < 1.29 is 9.72 Å². The Bertz CT molecular complexity index is 437. The average Bonchev–Trinajstić information content (AvgIpc) is 2.56. The van der Waals surface area contributed by atoms with Gasteiger partial charge in [0.2, 0.25) is 0 Å². The molecule has 0 aromatic carbocycles. The highest BCUT2D eigenvalue weighted by Crippen LogP contribution is 2.24. The molecule has 0 fully saturated rings. The molecule has 6 nitrogen and oxygen atoms in total. The van der Waals surface area contributed by atoms with Crippen LogP contribution in [0.15, 0.2) is 0 Å². The summed E-state index contributed by atoms with van der Waals surface area (Å²) in [7, 11) is 1.64. The maximum absolute atomic E-state index is 11.6. The first-order valence-corrected chi connectivity index (χ1v) is 5.72. The predicted molar refractivity (Wildman–Crippen MR) is 62.9 cm³/mol. The number of rotatable bonds is 6. The number of ketones is 1. The van der Waals surface area contributed by atoms with E-state index in [4.69, 9.17) is 0 Å². The molecule has 0 aliphatic rings. The van der Waals surface area contributed by atoms with Gasteiger partial charge in [-0.05, 0) is 12.8 Å². The van der Waals surface area contributed by atoms with Gasteiger partial charge in [0, 0.05) is 13.5 Å². The fourth-order valence-electron chi connectivity index (χ4n) is 1.81. The van der Waals surface area contributed by atoms with Crippen molar-refractivity contribution in [2.75, 3.05) is 0 Å². The van der Waals surface area contributed by atoms with E-state index in [1.165, 1.54) is 4.68 Å². The van der Waals surface area contributed by atoms with E-state index < -0.39 is 4.92 Å². The van der Waals surface area contributed by atoms with Crippen molar-refractivity contribution >= 4 is 11.5 Å². The monoisotopic (exact) mass is 239 g/mol. The lowest BCUT2D eigenvalue weighted by Crippen LogP contribution is -2.08. The molecular formula is C11H17N3O3. The highest BCUT2D eigenvalue weighted by Gasteiger charge is 2.26. The minimum atomic E-state index is -0.444. The molecule has 17 heavy (non-hydrogen) atoms. The Morgan fingerprint density at radius 2 is 2.12 bits per heavy atom. The molecule has 94 valence electrons. The molecule has 1 rings (SSSR count). The number of carbonyl (C=O) groups is 1. The van der Waals surface area contributed by atoms with Gasteiger partial charge in [0.05, 0.1) is 11.3 Å². The second kappa shape index (κ2) is 5.56. The standard InChI is InChI=1S/C11H17N3O3/c1-4-6-8(15)7-10-11(14(16)17)9(5-2)12-13(10)3/h4-7H2,1-3H3. The maximum atomic E-state index is 11.6. The van der Waals surface area contributed by atoms with E-state index in [1.54, 1.807) is 7.05 Å². The molecule has 0 atom stereocenters. The molecule has 0 spiro atoms. The van der Waals surface area contributed by atoms with Crippen LogP contribution >= 0.6 is 0 Å². The van der Waals surface area contributed by atoms with Crippen LogP contribution in [0.3, 0.4) is 0 Å². The fraction of sp³-hybridized carbons (Fsp3) is 0.636. The molecule has 0 unspecified atom stereocenters. The van der Waals surface area contributed by atoms with E-state index in [0.29, 0.717) is 24.2 Å². The molecule has 6 heteroatoms. The van der Waals surface area contributed by atoms with Crippen LogP contribution in [-0.4, -0.2) is 20.5 Å². The maximum Gasteiger partial charge on any atom is 0.313 e. The van der Waals surface area contributed by atoms with Gasteiger partial charge in [0.25, 0.3) is 0 Å². The summed E-state index contributed by atoms with van der Waals surface area (Å²) in [5.74, 6) is 0.0150. The van der Waals surface area contributed by atoms with Gasteiger partial charge >= 0.3 is 5.69 Å². The van der Waals surface area contributed by atoms with Crippen molar-refractivity contribution in [3.63, 3.8) is 0 Å². The van der Waals surface area contributed by atoms with Crippen molar-refractivity contribution in [3.05, 3.63) is 21.5 Å². The number of hydrogen-bond acceptors (Lipinski definition) is 4. The number of aryl methyl sites for hydroxylation is 2. The number of nitro groups is 1. The summed E-state index contributed by atoms with van der Waals surface area (Å²) in [6, 6.07) is 0. The summed E-state index contributed by atoms with van der Waals surface area (Å²) < 4.78 is 1.45. The van der Waals surface area contributed by atoms with Crippen LogP contribution in [0.25, 0.3) is 0 Å². The molecule has 0 bridgehead atoms. The summed E-state index contributed by atoms with van der Waals surface area (Å²) in [6.07, 6.45) is 1.79. The van der Waals surface area contributed by atoms with Gasteiger partial charge in [-0.2, -0.15) is 5.10 Å². The molecule has 0 saturated heterocycles. The summed E-state index contributed by atoms with van der Waals surface area (Å²) in [4.78, 5) is 22.1. The number of carbonyl (C=O) groups excluding carboxylic acids is 1. The Morgan fingerprint density at radius 1 is 1.47 bits per heavy atom. The van der Waals surface area contributed by atoms with Gasteiger partial charge in [-0.1, -0.05) is 13.8 Å². The van der Waals surface area contributed by atoms with Gasteiger partial charge < -0.3 is 0 Å². The molecule has 1 aromatic heterocycles. The molecule has 0 saturated carbocycles. The van der Waals surface area contributed by atoms with Crippen LogP contribution < -0.4 is 0 Å². The van der Waals surface area contributed by atoms with Crippen LogP contribution in [0.2, 0.25) is 0 Å². The first kappa shape index (κ1) is 13.3. The van der Waals surface area contributed by atoms with Crippen molar-refractivity contribution in [1.82, 2.24) is 9.78 Å². The third-order valence-electron chi connectivity index (χ3n) is 2.62. The molecule has 1 aromatic rings. The molecular weight excluding hydrogens is 222 g/mol. The number of aromatic nitrogens is 2. The summed E-state index contributed by atoms with van der Waals surface area (Å²) in [5.41, 5.74) is 0.849. The van der Waals surface area contributed by atoms with E-state index in [9.17, 15) is 14.9 Å². The van der Waals surface area contributed by atoms with Gasteiger partial charge in [-0.3, -0.25) is 19.6 Å². The largest absolute Gasteiger partial charge is 0.313 e. The minimum Gasteiger partial charge on any atom is -0.299 e. The highest BCUT2D eigenvalue weighted by molar-refractivity contribution is 5.81. The topological polar surface area (TPSA) is 78.0 Å². The van der Waals surface area contributed by atoms with Crippen molar-refractivity contribution in [3.8, 4) is 0 Å². The zero-order chi connectivity index (χ0) is 13.0. The second-order valence-corrected chi connectivity index (χ2v) is 3.94. The van der Waals surface area contributed by atoms with E-state index in [-0.39, 0.29) is 17.9 Å². The van der Waals surface area contributed by atoms with E-state index >= 15 is 0 Å². The SMILES string of the molecule is CCCC(=O)Cc1c([N+](=O)[O-])c(CC)nn1C. The quantitative estimate of drug-likeness (QED) is 0.560. The molecule has 0 radical (unpaired) electrons. The highest BCUT2D eigenvalue weighted by atomic mass is 16.6. The number of Topliss-reactive ketones (excluding diaryl/α,β-unsaturated/α-hetero) is 1. The molecule has 0 amide bonds. The van der Waals surface area contributed by atoms with Crippen LogP contribution in [0.4, 0.5) is 5.69 Å². The predicted octanol–water partition coefficient (Wildman–Crippen LogP) is 1.80. The Morgan fingerprint density at radius 3 is 2.59 bits per heavy atom. The molecule has 1 heterocycles. The first-order valence-electron chi connectivity index (χ1n) is 5.72. The van der Waals surface area contributed by atoms with Crippen molar-refractivity contribution in [2.45, 2.75) is 39.5 Å². The van der Waals surface area contributed by atoms with E-state index in [2.05, 4.69) is 5.10 Å². The molecule has 0 aliphatic heterocycles. The van der Waals surface area contributed by atoms with E-state index in [1.807, 2.05) is 13.8 Å². The van der Waals surface area contributed by atoms with Gasteiger partial charge in [0.1, 0.15) is 17.2 Å². The Labute approximate surface area is 99.8 Å². The fourth-order valence-corrected chi connectivity index (χ4v) is 1.81. The van der Waals surface area contributed by atoms with E-state index in [0.717, 1.165) is 6.42 Å². The summed E-state index contributed by atoms with van der Waals surface area (Å²) >= 11 is 0. The Balaban J connectivity index is 3.09. The lowest BCUT2D eigenvalue weighted by Gasteiger charge is -2.00. The Hall–Kier alpha value is -1.72. The van der Waals surface area contributed by atoms with Crippen molar-refractivity contribution in [1.29, 1.82) is 0 Å². The average molecular weight is 239 g/mol. The first-order chi connectivity index (χ1) is 8.01. The van der Waals surface area contributed by atoms with Gasteiger partial charge in [-0.15, -0.1) is 0 Å². The lowest BCUT2D eigenvalue weighted by atomic mass is 10.1. The normalized spacial score (nSPS) is 10.5. The van der Waals surface area contributed by atoms with Crippen molar-refractivity contribution in [2.24, 2.45) is 7.05 Å². The third-order valence-corrected chi connectivity index (χ3v) is 2.62. The molecule has 0 aliphatic carbocycles. The minimum absolute atomic E-state index is 0.000506. The van der Waals surface area contributed by atoms with Crippen LogP contribution in [0.1, 0.15) is 38.1 Å². The van der Waals surface area contributed by atoms with Gasteiger partial charge in [0.15, 0.2) is 0 Å². The Kier molecular flexibility index (Phi) is 4.37. The smallest absolute Gasteiger partial charge is 0.299 e. The van der Waals surface area contributed by atoms with Crippen LogP contribution in [0, 0.1) is 10.1 Å². The third kappa shape index (κ3) is 2.89. The molecule has 0 N–H and O–H groups in total. The zero-order valence-corrected chi connectivity index (χ0v) is 10.4. The lowest BCUT2D eigenvalue weighted by molar-refractivity contribution is -0.386. The summed E-state index contributed by atoms with van der Waals surface area (Å²) in [6.45, 7) is 3.72.